The topological polar surface area (TPSA) is 59.8 Å². The van der Waals surface area contributed by atoms with Gasteiger partial charge in [0.1, 0.15) is 11.3 Å². The van der Waals surface area contributed by atoms with Crippen molar-refractivity contribution in [3.05, 3.63) is 103 Å². The molecule has 172 valence electrons. The van der Waals surface area contributed by atoms with Crippen molar-refractivity contribution in [3.63, 3.8) is 0 Å². The SMILES string of the molecule is CCCOc1ccc(C2c3c(oc4ccc(Br)cc4c3=O)C(=O)N2c2ccc(C)c(C)c2)cc1. The zero-order chi connectivity index (χ0) is 24.0. The number of benzene rings is 3. The molecule has 0 spiro atoms. The highest BCUT2D eigenvalue weighted by atomic mass is 79.9. The van der Waals surface area contributed by atoms with Crippen LogP contribution in [0, 0.1) is 13.8 Å². The fourth-order valence-corrected chi connectivity index (χ4v) is 4.73. The molecular formula is C28H24BrNO4. The van der Waals surface area contributed by atoms with Crippen molar-refractivity contribution in [2.75, 3.05) is 11.5 Å². The highest BCUT2D eigenvalue weighted by Crippen LogP contribution is 2.42. The predicted molar refractivity (Wildman–Crippen MR) is 137 cm³/mol. The fourth-order valence-electron chi connectivity index (χ4n) is 4.37. The number of hydrogen-bond acceptors (Lipinski definition) is 4. The quantitative estimate of drug-likeness (QED) is 0.295. The van der Waals surface area contributed by atoms with Gasteiger partial charge in [-0.05, 0) is 79.4 Å². The molecule has 5 nitrogen and oxygen atoms in total. The van der Waals surface area contributed by atoms with E-state index in [1.54, 1.807) is 23.1 Å². The number of hydrogen-bond donors (Lipinski definition) is 0. The van der Waals surface area contributed by atoms with Gasteiger partial charge in [-0.2, -0.15) is 0 Å². The predicted octanol–water partition coefficient (Wildman–Crippen LogP) is 6.71. The third-order valence-electron chi connectivity index (χ3n) is 6.27. The molecule has 1 amide bonds. The molecule has 5 rings (SSSR count). The first-order valence-electron chi connectivity index (χ1n) is 11.3. The second-order valence-electron chi connectivity index (χ2n) is 8.58. The Morgan fingerprint density at radius 1 is 0.971 bits per heavy atom. The Labute approximate surface area is 206 Å². The van der Waals surface area contributed by atoms with E-state index in [0.717, 1.165) is 39.0 Å². The van der Waals surface area contributed by atoms with Gasteiger partial charge in [0.05, 0.1) is 23.6 Å². The van der Waals surface area contributed by atoms with Gasteiger partial charge in [-0.3, -0.25) is 14.5 Å². The average Bonchev–Trinajstić information content (AvgIpc) is 3.13. The van der Waals surface area contributed by atoms with Crippen molar-refractivity contribution in [2.24, 2.45) is 0 Å². The number of amides is 1. The Morgan fingerprint density at radius 3 is 2.44 bits per heavy atom. The lowest BCUT2D eigenvalue weighted by molar-refractivity contribution is 0.0971. The van der Waals surface area contributed by atoms with Crippen LogP contribution >= 0.6 is 15.9 Å². The van der Waals surface area contributed by atoms with Crippen LogP contribution in [0.1, 0.15) is 52.2 Å². The van der Waals surface area contributed by atoms with Crippen molar-refractivity contribution in [1.82, 2.24) is 0 Å². The maximum Gasteiger partial charge on any atom is 0.295 e. The highest BCUT2D eigenvalue weighted by Gasteiger charge is 2.43. The summed E-state index contributed by atoms with van der Waals surface area (Å²) in [6.45, 7) is 6.72. The normalized spacial score (nSPS) is 15.1. The number of rotatable bonds is 5. The van der Waals surface area contributed by atoms with E-state index in [-0.39, 0.29) is 17.1 Å². The molecule has 0 saturated heterocycles. The van der Waals surface area contributed by atoms with Gasteiger partial charge < -0.3 is 9.15 Å². The lowest BCUT2D eigenvalue weighted by atomic mass is 9.98. The molecule has 0 bridgehead atoms. The Kier molecular flexibility index (Phi) is 5.78. The zero-order valence-electron chi connectivity index (χ0n) is 19.2. The largest absolute Gasteiger partial charge is 0.494 e. The third kappa shape index (κ3) is 3.72. The Balaban J connectivity index is 1.73. The fraction of sp³-hybridized carbons (Fsp3) is 0.214. The van der Waals surface area contributed by atoms with E-state index >= 15 is 0 Å². The van der Waals surface area contributed by atoms with Gasteiger partial charge in [-0.25, -0.2) is 0 Å². The maximum absolute atomic E-state index is 13.7. The van der Waals surface area contributed by atoms with Crippen LogP contribution in [-0.4, -0.2) is 12.5 Å². The molecule has 1 atom stereocenters. The molecule has 6 heteroatoms. The number of ether oxygens (including phenoxy) is 1. The van der Waals surface area contributed by atoms with Gasteiger partial charge in [-0.1, -0.05) is 41.1 Å². The Hall–Kier alpha value is -3.38. The smallest absolute Gasteiger partial charge is 0.295 e. The molecule has 0 aliphatic carbocycles. The zero-order valence-corrected chi connectivity index (χ0v) is 20.8. The third-order valence-corrected chi connectivity index (χ3v) is 6.76. The number of fused-ring (bicyclic) bond motifs is 2. The molecule has 0 N–H and O–H groups in total. The molecule has 34 heavy (non-hydrogen) atoms. The molecule has 0 saturated carbocycles. The summed E-state index contributed by atoms with van der Waals surface area (Å²) in [6, 6.07) is 18.1. The van der Waals surface area contributed by atoms with Gasteiger partial charge in [0.15, 0.2) is 5.43 Å². The highest BCUT2D eigenvalue weighted by molar-refractivity contribution is 9.10. The molecule has 1 aliphatic heterocycles. The molecule has 0 fully saturated rings. The van der Waals surface area contributed by atoms with Gasteiger partial charge in [0.2, 0.25) is 5.76 Å². The standard InChI is InChI=1S/C28H24BrNO4/c1-4-13-33-21-10-6-18(7-11-21)25-24-26(31)22-15-19(29)8-12-23(22)34-27(24)28(32)30(25)20-9-5-16(2)17(3)14-20/h5-12,14-15,25H,4,13H2,1-3H3. The lowest BCUT2D eigenvalue weighted by Gasteiger charge is -2.26. The van der Waals surface area contributed by atoms with Crippen molar-refractivity contribution < 1.29 is 13.9 Å². The van der Waals surface area contributed by atoms with Crippen molar-refractivity contribution in [1.29, 1.82) is 0 Å². The number of carbonyl (C=O) groups excluding carboxylic acids is 1. The first-order valence-corrected chi connectivity index (χ1v) is 12.1. The molecule has 1 unspecified atom stereocenters. The van der Waals surface area contributed by atoms with E-state index < -0.39 is 6.04 Å². The summed E-state index contributed by atoms with van der Waals surface area (Å²) in [6.07, 6.45) is 0.913. The number of carbonyl (C=O) groups is 1. The summed E-state index contributed by atoms with van der Waals surface area (Å²) in [5.41, 5.74) is 4.29. The van der Waals surface area contributed by atoms with Crippen molar-refractivity contribution in [2.45, 2.75) is 33.2 Å². The first kappa shape index (κ1) is 22.4. The Bertz CT molecular complexity index is 1470. The minimum atomic E-state index is -0.607. The van der Waals surface area contributed by atoms with E-state index in [1.807, 2.05) is 56.3 Å². The minimum absolute atomic E-state index is 0.0920. The second kappa shape index (κ2) is 8.76. The lowest BCUT2D eigenvalue weighted by Crippen LogP contribution is -2.29. The molecule has 3 aromatic carbocycles. The summed E-state index contributed by atoms with van der Waals surface area (Å²) < 4.78 is 12.6. The minimum Gasteiger partial charge on any atom is -0.494 e. The van der Waals surface area contributed by atoms with Crippen LogP contribution in [0.4, 0.5) is 5.69 Å². The van der Waals surface area contributed by atoms with Crippen molar-refractivity contribution >= 4 is 38.5 Å². The average molecular weight is 518 g/mol. The van der Waals surface area contributed by atoms with Crippen LogP contribution in [0.3, 0.4) is 0 Å². The summed E-state index contributed by atoms with van der Waals surface area (Å²) in [5, 5.41) is 0.441. The van der Waals surface area contributed by atoms with Crippen LogP contribution < -0.4 is 15.1 Å². The van der Waals surface area contributed by atoms with Crippen LogP contribution in [0.2, 0.25) is 0 Å². The molecule has 1 aliphatic rings. The summed E-state index contributed by atoms with van der Waals surface area (Å²) in [4.78, 5) is 29.1. The summed E-state index contributed by atoms with van der Waals surface area (Å²) in [5.74, 6) is 0.521. The second-order valence-corrected chi connectivity index (χ2v) is 9.49. The van der Waals surface area contributed by atoms with Crippen LogP contribution in [0.5, 0.6) is 5.75 Å². The molecular weight excluding hydrogens is 494 g/mol. The van der Waals surface area contributed by atoms with Crippen molar-refractivity contribution in [3.8, 4) is 5.75 Å². The van der Waals surface area contributed by atoms with Gasteiger partial charge >= 0.3 is 0 Å². The Morgan fingerprint density at radius 2 is 1.74 bits per heavy atom. The molecule has 1 aromatic heterocycles. The number of aryl methyl sites for hydroxylation is 2. The van der Waals surface area contributed by atoms with E-state index in [9.17, 15) is 9.59 Å². The monoisotopic (exact) mass is 517 g/mol. The summed E-state index contributed by atoms with van der Waals surface area (Å²) in [7, 11) is 0. The first-order chi connectivity index (χ1) is 16.4. The van der Waals surface area contributed by atoms with Gasteiger partial charge in [0.25, 0.3) is 5.91 Å². The van der Waals surface area contributed by atoms with E-state index in [0.29, 0.717) is 23.1 Å². The van der Waals surface area contributed by atoms with Gasteiger partial charge in [0, 0.05) is 10.2 Å². The van der Waals surface area contributed by atoms with Crippen LogP contribution in [-0.2, 0) is 0 Å². The van der Waals surface area contributed by atoms with E-state index in [1.165, 1.54) is 0 Å². The molecule has 4 aromatic rings. The number of halogens is 1. The van der Waals surface area contributed by atoms with E-state index in [2.05, 4.69) is 22.9 Å². The molecule has 0 radical (unpaired) electrons. The van der Waals surface area contributed by atoms with Crippen LogP contribution in [0.25, 0.3) is 11.0 Å². The number of anilines is 1. The van der Waals surface area contributed by atoms with Crippen LogP contribution in [0.15, 0.2) is 74.3 Å². The maximum atomic E-state index is 13.7. The summed E-state index contributed by atoms with van der Waals surface area (Å²) >= 11 is 3.44. The number of nitrogens with zero attached hydrogens (tertiary/aromatic N) is 1. The molecule has 2 heterocycles. The van der Waals surface area contributed by atoms with Gasteiger partial charge in [-0.15, -0.1) is 0 Å². The van der Waals surface area contributed by atoms with E-state index in [4.69, 9.17) is 9.15 Å².